The highest BCUT2D eigenvalue weighted by Crippen LogP contribution is 2.37. The monoisotopic (exact) mass is 184 g/mol. The van der Waals surface area contributed by atoms with Gasteiger partial charge in [-0.1, -0.05) is 5.16 Å². The fourth-order valence-corrected chi connectivity index (χ4v) is 2.09. The largest absolute Gasteiger partial charge is 0.481 e. The van der Waals surface area contributed by atoms with Crippen LogP contribution in [-0.2, 0) is 9.63 Å². The first-order valence-corrected chi connectivity index (χ1v) is 4.30. The summed E-state index contributed by atoms with van der Waals surface area (Å²) < 4.78 is 0. The van der Waals surface area contributed by atoms with Crippen molar-refractivity contribution in [2.75, 3.05) is 0 Å². The van der Waals surface area contributed by atoms with Crippen molar-refractivity contribution in [3.63, 3.8) is 0 Å². The summed E-state index contributed by atoms with van der Waals surface area (Å²) in [6, 6.07) is -0.427. The van der Waals surface area contributed by atoms with Crippen molar-refractivity contribution in [3.05, 3.63) is 0 Å². The highest BCUT2D eigenvalue weighted by Gasteiger charge is 2.50. The van der Waals surface area contributed by atoms with Gasteiger partial charge < -0.3 is 15.7 Å². The van der Waals surface area contributed by atoms with Gasteiger partial charge in [0, 0.05) is 5.92 Å². The molecule has 0 amide bonds. The van der Waals surface area contributed by atoms with Crippen molar-refractivity contribution in [2.24, 2.45) is 22.7 Å². The van der Waals surface area contributed by atoms with Crippen molar-refractivity contribution in [2.45, 2.75) is 25.5 Å². The SMILES string of the molecule is CC1=NO[C@H]2[C@H](N)[C@H](C(=O)O)C[C@@H]12. The molecule has 72 valence electrons. The van der Waals surface area contributed by atoms with Gasteiger partial charge >= 0.3 is 5.97 Å². The highest BCUT2D eigenvalue weighted by molar-refractivity contribution is 5.87. The van der Waals surface area contributed by atoms with Crippen LogP contribution in [0.1, 0.15) is 13.3 Å². The van der Waals surface area contributed by atoms with Gasteiger partial charge in [0.25, 0.3) is 0 Å². The van der Waals surface area contributed by atoms with Crippen LogP contribution >= 0.6 is 0 Å². The number of nitrogens with zero attached hydrogens (tertiary/aromatic N) is 1. The first-order chi connectivity index (χ1) is 6.11. The summed E-state index contributed by atoms with van der Waals surface area (Å²) in [6.45, 7) is 1.85. The molecule has 5 nitrogen and oxygen atoms in total. The van der Waals surface area contributed by atoms with E-state index in [9.17, 15) is 4.79 Å². The molecule has 1 saturated carbocycles. The van der Waals surface area contributed by atoms with Crippen LogP contribution in [-0.4, -0.2) is 28.9 Å². The van der Waals surface area contributed by atoms with Gasteiger partial charge in [0.1, 0.15) is 0 Å². The van der Waals surface area contributed by atoms with Crippen molar-refractivity contribution < 1.29 is 14.7 Å². The van der Waals surface area contributed by atoms with Crippen LogP contribution in [0.3, 0.4) is 0 Å². The predicted molar refractivity (Wildman–Crippen MR) is 45.2 cm³/mol. The molecule has 0 aromatic rings. The maximum Gasteiger partial charge on any atom is 0.308 e. The second-order valence-corrected chi connectivity index (χ2v) is 3.67. The third kappa shape index (κ3) is 1.11. The normalized spacial score (nSPS) is 42.5. The quantitative estimate of drug-likeness (QED) is 0.591. The zero-order chi connectivity index (χ0) is 9.59. The lowest BCUT2D eigenvalue weighted by Crippen LogP contribution is -2.39. The van der Waals surface area contributed by atoms with E-state index in [2.05, 4.69) is 5.16 Å². The minimum Gasteiger partial charge on any atom is -0.481 e. The molecule has 0 spiro atoms. The lowest BCUT2D eigenvalue weighted by atomic mass is 10.0. The van der Waals surface area contributed by atoms with Crippen LogP contribution in [0.4, 0.5) is 0 Å². The number of hydrogen-bond donors (Lipinski definition) is 2. The number of carboxylic acid groups (broad SMARTS) is 1. The smallest absolute Gasteiger partial charge is 0.308 e. The van der Waals surface area contributed by atoms with E-state index in [-0.39, 0.29) is 12.0 Å². The molecule has 0 radical (unpaired) electrons. The minimum atomic E-state index is -0.835. The van der Waals surface area contributed by atoms with E-state index < -0.39 is 17.9 Å². The first kappa shape index (κ1) is 8.50. The van der Waals surface area contributed by atoms with E-state index in [1.807, 2.05) is 6.92 Å². The number of nitrogens with two attached hydrogens (primary N) is 1. The zero-order valence-electron chi connectivity index (χ0n) is 7.30. The third-order valence-electron chi connectivity index (χ3n) is 2.92. The maximum atomic E-state index is 10.8. The molecular formula is C8H12N2O3. The van der Waals surface area contributed by atoms with Crippen molar-refractivity contribution in [3.8, 4) is 0 Å². The molecule has 1 fully saturated rings. The predicted octanol–water partition coefficient (Wildman–Crippen LogP) is -0.191. The van der Waals surface area contributed by atoms with Gasteiger partial charge in [-0.05, 0) is 13.3 Å². The lowest BCUT2D eigenvalue weighted by Gasteiger charge is -2.14. The molecule has 1 aliphatic heterocycles. The second-order valence-electron chi connectivity index (χ2n) is 3.67. The molecular weight excluding hydrogens is 172 g/mol. The van der Waals surface area contributed by atoms with Gasteiger partial charge in [-0.25, -0.2) is 0 Å². The minimum absolute atomic E-state index is 0.107. The van der Waals surface area contributed by atoms with Crippen LogP contribution in [0, 0.1) is 11.8 Å². The Morgan fingerprint density at radius 1 is 1.77 bits per heavy atom. The van der Waals surface area contributed by atoms with Crippen LogP contribution in [0.25, 0.3) is 0 Å². The van der Waals surface area contributed by atoms with Gasteiger partial charge in [0.2, 0.25) is 0 Å². The molecule has 4 atom stereocenters. The fraction of sp³-hybridized carbons (Fsp3) is 0.750. The Kier molecular flexibility index (Phi) is 1.76. The fourth-order valence-electron chi connectivity index (χ4n) is 2.09. The number of fused-ring (bicyclic) bond motifs is 1. The third-order valence-corrected chi connectivity index (χ3v) is 2.92. The molecule has 2 rings (SSSR count). The standard InChI is InChI=1S/C8H12N2O3/c1-3-4-2-5(8(11)12)6(9)7(4)13-10-3/h4-7H,2,9H2,1H3,(H,11,12)/t4-,5+,6+,7+/m0/s1. The van der Waals surface area contributed by atoms with E-state index in [0.717, 1.165) is 5.71 Å². The Bertz CT molecular complexity index is 277. The van der Waals surface area contributed by atoms with Crippen LogP contribution in [0.15, 0.2) is 5.16 Å². The van der Waals surface area contributed by atoms with Crippen LogP contribution in [0.5, 0.6) is 0 Å². The molecule has 5 heteroatoms. The van der Waals surface area contributed by atoms with Gasteiger partial charge in [-0.2, -0.15) is 0 Å². The molecule has 13 heavy (non-hydrogen) atoms. The van der Waals surface area contributed by atoms with E-state index >= 15 is 0 Å². The molecule has 0 saturated heterocycles. The molecule has 1 heterocycles. The summed E-state index contributed by atoms with van der Waals surface area (Å²) in [6.07, 6.45) is 0.331. The van der Waals surface area contributed by atoms with Gasteiger partial charge in [0.15, 0.2) is 6.10 Å². The molecule has 2 aliphatic rings. The van der Waals surface area contributed by atoms with Gasteiger partial charge in [-0.3, -0.25) is 4.79 Å². The van der Waals surface area contributed by atoms with Crippen molar-refractivity contribution in [1.29, 1.82) is 0 Å². The summed E-state index contributed by atoms with van der Waals surface area (Å²) in [7, 11) is 0. The molecule has 3 N–H and O–H groups in total. The van der Waals surface area contributed by atoms with E-state index in [4.69, 9.17) is 15.7 Å². The number of aliphatic carboxylic acids is 1. The first-order valence-electron chi connectivity index (χ1n) is 4.30. The zero-order valence-corrected chi connectivity index (χ0v) is 7.30. The summed E-state index contributed by atoms with van der Waals surface area (Å²) in [5.41, 5.74) is 6.61. The van der Waals surface area contributed by atoms with Crippen LogP contribution < -0.4 is 5.73 Å². The van der Waals surface area contributed by atoms with E-state index in [1.54, 1.807) is 0 Å². The number of carboxylic acids is 1. The molecule has 0 unspecified atom stereocenters. The Morgan fingerprint density at radius 2 is 2.46 bits per heavy atom. The number of hydrogen-bond acceptors (Lipinski definition) is 4. The lowest BCUT2D eigenvalue weighted by molar-refractivity contribution is -0.142. The Labute approximate surface area is 75.5 Å². The van der Waals surface area contributed by atoms with E-state index in [1.165, 1.54) is 0 Å². The second kappa shape index (κ2) is 2.70. The average Bonchev–Trinajstić information content (AvgIpc) is 2.55. The van der Waals surface area contributed by atoms with Crippen molar-refractivity contribution >= 4 is 11.7 Å². The summed E-state index contributed by atoms with van der Waals surface area (Å²) in [4.78, 5) is 15.9. The summed E-state index contributed by atoms with van der Waals surface area (Å²) >= 11 is 0. The molecule has 0 aromatic heterocycles. The molecule has 0 bridgehead atoms. The van der Waals surface area contributed by atoms with Crippen LogP contribution in [0.2, 0.25) is 0 Å². The van der Waals surface area contributed by atoms with Gasteiger partial charge in [-0.15, -0.1) is 0 Å². The Balaban J connectivity index is 2.18. The number of carbonyl (C=O) groups is 1. The Hall–Kier alpha value is -1.10. The average molecular weight is 184 g/mol. The number of rotatable bonds is 1. The van der Waals surface area contributed by atoms with Crippen molar-refractivity contribution in [1.82, 2.24) is 0 Å². The van der Waals surface area contributed by atoms with E-state index in [0.29, 0.717) is 6.42 Å². The molecule has 0 aromatic carbocycles. The Morgan fingerprint density at radius 3 is 3.00 bits per heavy atom. The summed E-state index contributed by atoms with van der Waals surface area (Å²) in [5, 5.41) is 12.7. The summed E-state index contributed by atoms with van der Waals surface area (Å²) in [5.74, 6) is -1.21. The topological polar surface area (TPSA) is 84.9 Å². The molecule has 1 aliphatic carbocycles. The highest BCUT2D eigenvalue weighted by atomic mass is 16.6. The number of oxime groups is 1. The van der Waals surface area contributed by atoms with Gasteiger partial charge in [0.05, 0.1) is 17.7 Å². The maximum absolute atomic E-state index is 10.8.